The minimum absolute atomic E-state index is 0.369. The predicted octanol–water partition coefficient (Wildman–Crippen LogP) is 2.28. The van der Waals surface area contributed by atoms with Gasteiger partial charge in [-0.1, -0.05) is 15.9 Å². The third-order valence-corrected chi connectivity index (χ3v) is 3.01. The van der Waals surface area contributed by atoms with Crippen molar-refractivity contribution in [3.63, 3.8) is 0 Å². The van der Waals surface area contributed by atoms with E-state index < -0.39 is 6.29 Å². The van der Waals surface area contributed by atoms with Crippen molar-refractivity contribution < 1.29 is 19.0 Å². The fraction of sp³-hybridized carbons (Fsp3) is 0.364. The number of methoxy groups -OCH3 is 1. The molecule has 4 nitrogen and oxygen atoms in total. The van der Waals surface area contributed by atoms with Gasteiger partial charge in [-0.2, -0.15) is 0 Å². The molecule has 0 radical (unpaired) electrons. The lowest BCUT2D eigenvalue weighted by molar-refractivity contribution is -0.0446. The van der Waals surface area contributed by atoms with E-state index >= 15 is 0 Å². The van der Waals surface area contributed by atoms with E-state index in [0.717, 1.165) is 10.0 Å². The van der Waals surface area contributed by atoms with E-state index in [9.17, 15) is 4.79 Å². The molecule has 0 aromatic heterocycles. The van der Waals surface area contributed by atoms with Gasteiger partial charge in [0.05, 0.1) is 25.9 Å². The average molecular weight is 287 g/mol. The first-order valence-electron chi connectivity index (χ1n) is 4.83. The first-order chi connectivity index (χ1) is 7.72. The highest BCUT2D eigenvalue weighted by molar-refractivity contribution is 9.10. The normalized spacial score (nSPS) is 16.4. The monoisotopic (exact) mass is 286 g/mol. The lowest BCUT2D eigenvalue weighted by atomic mass is 10.1. The molecule has 0 bridgehead atoms. The topological polar surface area (TPSA) is 44.8 Å². The van der Waals surface area contributed by atoms with E-state index in [1.165, 1.54) is 7.11 Å². The lowest BCUT2D eigenvalue weighted by Gasteiger charge is -2.12. The largest absolute Gasteiger partial charge is 0.465 e. The summed E-state index contributed by atoms with van der Waals surface area (Å²) in [6, 6.07) is 5.19. The minimum Gasteiger partial charge on any atom is -0.465 e. The highest BCUT2D eigenvalue weighted by atomic mass is 79.9. The van der Waals surface area contributed by atoms with E-state index in [1.54, 1.807) is 18.2 Å². The highest BCUT2D eigenvalue weighted by Crippen LogP contribution is 2.30. The van der Waals surface area contributed by atoms with Crippen LogP contribution in [0, 0.1) is 0 Å². The van der Waals surface area contributed by atoms with Gasteiger partial charge >= 0.3 is 5.97 Å². The van der Waals surface area contributed by atoms with Gasteiger partial charge in [0.25, 0.3) is 0 Å². The van der Waals surface area contributed by atoms with Crippen molar-refractivity contribution in [2.45, 2.75) is 6.29 Å². The van der Waals surface area contributed by atoms with Gasteiger partial charge in [-0.15, -0.1) is 0 Å². The molecule has 1 aliphatic rings. The van der Waals surface area contributed by atoms with E-state index in [-0.39, 0.29) is 5.97 Å². The first-order valence-corrected chi connectivity index (χ1v) is 5.62. The molecule has 1 saturated heterocycles. The molecule has 0 saturated carbocycles. The number of ether oxygens (including phenoxy) is 3. The molecule has 0 N–H and O–H groups in total. The van der Waals surface area contributed by atoms with Gasteiger partial charge in [0, 0.05) is 10.0 Å². The van der Waals surface area contributed by atoms with E-state index in [1.807, 2.05) is 0 Å². The molecule has 16 heavy (non-hydrogen) atoms. The SMILES string of the molecule is COC(=O)c1ccc(Br)c(C2OCCO2)c1. The summed E-state index contributed by atoms with van der Waals surface area (Å²) in [6.45, 7) is 1.14. The van der Waals surface area contributed by atoms with Gasteiger partial charge < -0.3 is 14.2 Å². The van der Waals surface area contributed by atoms with Crippen LogP contribution < -0.4 is 0 Å². The van der Waals surface area contributed by atoms with Crippen molar-refractivity contribution in [2.75, 3.05) is 20.3 Å². The zero-order valence-corrected chi connectivity index (χ0v) is 10.3. The van der Waals surface area contributed by atoms with Crippen molar-refractivity contribution in [3.8, 4) is 0 Å². The number of carbonyl (C=O) groups excluding carboxylic acids is 1. The molecule has 1 aromatic carbocycles. The van der Waals surface area contributed by atoms with Gasteiger partial charge in [-0.3, -0.25) is 0 Å². The second-order valence-corrected chi connectivity index (χ2v) is 4.16. The van der Waals surface area contributed by atoms with E-state index in [2.05, 4.69) is 20.7 Å². The van der Waals surface area contributed by atoms with Crippen molar-refractivity contribution in [1.82, 2.24) is 0 Å². The van der Waals surface area contributed by atoms with E-state index in [4.69, 9.17) is 9.47 Å². The average Bonchev–Trinajstić information content (AvgIpc) is 2.82. The molecule has 0 unspecified atom stereocenters. The number of rotatable bonds is 2. The maximum Gasteiger partial charge on any atom is 0.337 e. The molecular weight excluding hydrogens is 276 g/mol. The van der Waals surface area contributed by atoms with Crippen LogP contribution >= 0.6 is 15.9 Å². The molecule has 1 aromatic rings. The Hall–Kier alpha value is -0.910. The van der Waals surface area contributed by atoms with Crippen LogP contribution in [0.25, 0.3) is 0 Å². The molecular formula is C11H11BrO4. The van der Waals surface area contributed by atoms with Gasteiger partial charge in [0.1, 0.15) is 0 Å². The Morgan fingerprint density at radius 2 is 2.12 bits per heavy atom. The molecule has 0 aliphatic carbocycles. The Morgan fingerprint density at radius 1 is 1.44 bits per heavy atom. The minimum atomic E-state index is -0.404. The summed E-state index contributed by atoms with van der Waals surface area (Å²) >= 11 is 3.40. The first kappa shape index (κ1) is 11.6. The number of benzene rings is 1. The number of carbonyl (C=O) groups is 1. The molecule has 2 rings (SSSR count). The van der Waals surface area contributed by atoms with Crippen LogP contribution in [-0.2, 0) is 14.2 Å². The van der Waals surface area contributed by atoms with Gasteiger partial charge in [0.15, 0.2) is 6.29 Å². The summed E-state index contributed by atoms with van der Waals surface area (Å²) in [6.07, 6.45) is -0.404. The van der Waals surface area contributed by atoms with Crippen molar-refractivity contribution in [1.29, 1.82) is 0 Å². The quantitative estimate of drug-likeness (QED) is 0.783. The Labute approximate surface area is 102 Å². The second kappa shape index (κ2) is 4.95. The number of halogens is 1. The summed E-state index contributed by atoms with van der Waals surface area (Å²) in [4.78, 5) is 11.4. The summed E-state index contributed by atoms with van der Waals surface area (Å²) in [7, 11) is 1.35. The molecule has 1 aliphatic heterocycles. The summed E-state index contributed by atoms with van der Waals surface area (Å²) < 4.78 is 16.3. The fourth-order valence-corrected chi connectivity index (χ4v) is 1.94. The van der Waals surface area contributed by atoms with Gasteiger partial charge in [0.2, 0.25) is 0 Å². The Morgan fingerprint density at radius 3 is 2.75 bits per heavy atom. The molecule has 5 heteroatoms. The summed E-state index contributed by atoms with van der Waals surface area (Å²) in [5.74, 6) is -0.369. The molecule has 0 spiro atoms. The Kier molecular flexibility index (Phi) is 3.58. The van der Waals surface area contributed by atoms with Crippen LogP contribution in [0.3, 0.4) is 0 Å². The second-order valence-electron chi connectivity index (χ2n) is 3.30. The summed E-state index contributed by atoms with van der Waals surface area (Å²) in [5, 5.41) is 0. The van der Waals surface area contributed by atoms with Crippen molar-refractivity contribution >= 4 is 21.9 Å². The van der Waals surface area contributed by atoms with Crippen LogP contribution in [-0.4, -0.2) is 26.3 Å². The third-order valence-electron chi connectivity index (χ3n) is 2.29. The van der Waals surface area contributed by atoms with Crippen molar-refractivity contribution in [2.24, 2.45) is 0 Å². The van der Waals surface area contributed by atoms with Gasteiger partial charge in [-0.05, 0) is 18.2 Å². The van der Waals surface area contributed by atoms with Crippen LogP contribution in [0.4, 0.5) is 0 Å². The molecule has 1 heterocycles. The molecule has 0 atom stereocenters. The number of hydrogen-bond donors (Lipinski definition) is 0. The standard InChI is InChI=1S/C11H11BrO4/c1-14-10(13)7-2-3-9(12)8(6-7)11-15-4-5-16-11/h2-3,6,11H,4-5H2,1H3. The summed E-state index contributed by atoms with van der Waals surface area (Å²) in [5.41, 5.74) is 1.29. The number of hydrogen-bond acceptors (Lipinski definition) is 4. The smallest absolute Gasteiger partial charge is 0.337 e. The fourth-order valence-electron chi connectivity index (χ4n) is 1.51. The maximum absolute atomic E-state index is 11.4. The molecule has 1 fully saturated rings. The number of esters is 1. The Bertz CT molecular complexity index is 399. The Balaban J connectivity index is 2.32. The third kappa shape index (κ3) is 2.26. The molecule has 0 amide bonds. The van der Waals surface area contributed by atoms with Crippen LogP contribution in [0.5, 0.6) is 0 Å². The van der Waals surface area contributed by atoms with Crippen molar-refractivity contribution in [3.05, 3.63) is 33.8 Å². The zero-order valence-electron chi connectivity index (χ0n) is 8.73. The highest BCUT2D eigenvalue weighted by Gasteiger charge is 2.22. The maximum atomic E-state index is 11.4. The molecule has 86 valence electrons. The van der Waals surface area contributed by atoms with E-state index in [0.29, 0.717) is 18.8 Å². The van der Waals surface area contributed by atoms with Gasteiger partial charge in [-0.25, -0.2) is 4.79 Å². The zero-order chi connectivity index (χ0) is 11.5. The van der Waals surface area contributed by atoms with Crippen LogP contribution in [0.1, 0.15) is 22.2 Å². The predicted molar refractivity (Wildman–Crippen MR) is 60.1 cm³/mol. The van der Waals surface area contributed by atoms with Crippen LogP contribution in [0.2, 0.25) is 0 Å². The van der Waals surface area contributed by atoms with Crippen LogP contribution in [0.15, 0.2) is 22.7 Å². The lowest BCUT2D eigenvalue weighted by Crippen LogP contribution is -2.05.